The molecule has 1 N–H and O–H groups in total. The van der Waals surface area contributed by atoms with Gasteiger partial charge in [-0.05, 0) is 48.2 Å². The Balaban J connectivity index is 1.54. The summed E-state index contributed by atoms with van der Waals surface area (Å²) in [7, 11) is -8.31. The zero-order chi connectivity index (χ0) is 22.1. The minimum Gasteiger partial charge on any atom is -0.744 e. The van der Waals surface area contributed by atoms with Gasteiger partial charge in [-0.3, -0.25) is 4.72 Å². The largest absolute Gasteiger partial charge is 0.744 e. The van der Waals surface area contributed by atoms with Gasteiger partial charge in [0.25, 0.3) is 10.0 Å². The molecule has 0 radical (unpaired) electrons. The van der Waals surface area contributed by atoms with Crippen molar-refractivity contribution in [2.75, 3.05) is 4.72 Å². The molecule has 31 heavy (non-hydrogen) atoms. The lowest BCUT2D eigenvalue weighted by molar-refractivity contribution is 0.173. The van der Waals surface area contributed by atoms with E-state index in [1.165, 1.54) is 24.3 Å². The van der Waals surface area contributed by atoms with E-state index in [9.17, 15) is 21.4 Å². The molecule has 1 atom stereocenters. The molecule has 0 bridgehead atoms. The van der Waals surface area contributed by atoms with Crippen molar-refractivity contribution in [3.63, 3.8) is 0 Å². The van der Waals surface area contributed by atoms with Crippen molar-refractivity contribution >= 4 is 25.8 Å². The van der Waals surface area contributed by atoms with Crippen molar-refractivity contribution in [3.8, 4) is 5.75 Å². The SMILES string of the molecule is O=S(=O)([O-])c1ccccc1CC1CCc2ccc(NS(=O)(=O)c3ccccc3)cc2O1. The first-order valence-corrected chi connectivity index (χ1v) is 12.5. The highest BCUT2D eigenvalue weighted by Gasteiger charge is 2.23. The maximum atomic E-state index is 12.6. The zero-order valence-corrected chi connectivity index (χ0v) is 18.0. The third kappa shape index (κ3) is 4.90. The molecular formula is C22H20NO6S2-. The smallest absolute Gasteiger partial charge is 0.261 e. The van der Waals surface area contributed by atoms with Crippen LogP contribution < -0.4 is 9.46 Å². The number of rotatable bonds is 6. The van der Waals surface area contributed by atoms with E-state index in [2.05, 4.69) is 4.72 Å². The first-order valence-electron chi connectivity index (χ1n) is 9.64. The van der Waals surface area contributed by atoms with Crippen LogP contribution in [0.5, 0.6) is 5.75 Å². The number of hydrogen-bond donors (Lipinski definition) is 1. The molecule has 9 heteroatoms. The summed E-state index contributed by atoms with van der Waals surface area (Å²) in [5.74, 6) is 0.534. The standard InChI is InChI=1S/C22H21NO6S2/c24-30(25,20-7-2-1-3-8-20)23-18-12-10-16-11-13-19(29-21(16)15-18)14-17-6-4-5-9-22(17)31(26,27)28/h1-10,12,15,19,23H,11,13-14H2,(H,26,27,28)/p-1. The molecule has 7 nitrogen and oxygen atoms in total. The van der Waals surface area contributed by atoms with Gasteiger partial charge in [-0.15, -0.1) is 0 Å². The molecule has 3 aromatic carbocycles. The Bertz CT molecular complexity index is 1300. The van der Waals surface area contributed by atoms with Crippen LogP contribution in [0, 0.1) is 0 Å². The van der Waals surface area contributed by atoms with Crippen LogP contribution in [0.3, 0.4) is 0 Å². The van der Waals surface area contributed by atoms with Gasteiger partial charge < -0.3 is 9.29 Å². The molecule has 0 saturated heterocycles. The van der Waals surface area contributed by atoms with E-state index in [0.29, 0.717) is 29.8 Å². The summed E-state index contributed by atoms with van der Waals surface area (Å²) in [6.45, 7) is 0. The molecule has 162 valence electrons. The van der Waals surface area contributed by atoms with Crippen LogP contribution in [0.4, 0.5) is 5.69 Å². The Labute approximate surface area is 181 Å². The fraction of sp³-hybridized carbons (Fsp3) is 0.182. The summed E-state index contributed by atoms with van der Waals surface area (Å²) >= 11 is 0. The molecule has 1 unspecified atom stereocenters. The molecule has 0 aromatic heterocycles. The number of sulfonamides is 1. The second kappa shape index (κ2) is 8.33. The van der Waals surface area contributed by atoms with Crippen LogP contribution in [0.15, 0.2) is 82.6 Å². The van der Waals surface area contributed by atoms with Crippen LogP contribution in [-0.2, 0) is 33.0 Å². The Hall–Kier alpha value is -2.88. The first-order chi connectivity index (χ1) is 14.7. The second-order valence-corrected chi connectivity index (χ2v) is 10.3. The van der Waals surface area contributed by atoms with Gasteiger partial charge in [-0.25, -0.2) is 16.8 Å². The molecule has 1 aliphatic rings. The summed E-state index contributed by atoms with van der Waals surface area (Å²) in [4.78, 5) is -0.0873. The number of hydrogen-bond acceptors (Lipinski definition) is 6. The summed E-state index contributed by atoms with van der Waals surface area (Å²) in [6.07, 6.45) is 1.26. The minimum atomic E-state index is -4.58. The van der Waals surface area contributed by atoms with Crippen molar-refractivity contribution in [3.05, 3.63) is 83.9 Å². The lowest BCUT2D eigenvalue weighted by Gasteiger charge is -2.27. The average molecular weight is 459 g/mol. The number of benzene rings is 3. The van der Waals surface area contributed by atoms with Crippen molar-refractivity contribution in [2.45, 2.75) is 35.2 Å². The van der Waals surface area contributed by atoms with Crippen LogP contribution in [-0.4, -0.2) is 27.5 Å². The predicted molar refractivity (Wildman–Crippen MR) is 115 cm³/mol. The maximum Gasteiger partial charge on any atom is 0.261 e. The molecule has 0 saturated carbocycles. The minimum absolute atomic E-state index is 0.155. The number of fused-ring (bicyclic) bond motifs is 1. The molecule has 1 aliphatic heterocycles. The van der Waals surface area contributed by atoms with Crippen LogP contribution in [0.1, 0.15) is 17.5 Å². The van der Waals surface area contributed by atoms with Crippen molar-refractivity contribution in [1.82, 2.24) is 0 Å². The Morgan fingerprint density at radius 2 is 1.65 bits per heavy atom. The van der Waals surface area contributed by atoms with Gasteiger partial charge in [0, 0.05) is 12.5 Å². The van der Waals surface area contributed by atoms with E-state index < -0.39 is 20.1 Å². The fourth-order valence-corrected chi connectivity index (χ4v) is 5.40. The highest BCUT2D eigenvalue weighted by Crippen LogP contribution is 2.33. The molecule has 1 heterocycles. The van der Waals surface area contributed by atoms with Crippen molar-refractivity contribution in [1.29, 1.82) is 0 Å². The van der Waals surface area contributed by atoms with Gasteiger partial charge in [0.15, 0.2) is 0 Å². The first kappa shape index (κ1) is 21.4. The topological polar surface area (TPSA) is 113 Å². The molecule has 0 amide bonds. The third-order valence-corrected chi connectivity index (χ3v) is 7.43. The van der Waals surface area contributed by atoms with Crippen LogP contribution >= 0.6 is 0 Å². The third-order valence-electron chi connectivity index (χ3n) is 5.09. The Morgan fingerprint density at radius 3 is 2.39 bits per heavy atom. The van der Waals surface area contributed by atoms with Gasteiger partial charge >= 0.3 is 0 Å². The Morgan fingerprint density at radius 1 is 0.935 bits per heavy atom. The van der Waals surface area contributed by atoms with Crippen LogP contribution in [0.25, 0.3) is 0 Å². The van der Waals surface area contributed by atoms with Gasteiger partial charge in [-0.2, -0.15) is 0 Å². The maximum absolute atomic E-state index is 12.6. The molecule has 3 aromatic rings. The predicted octanol–water partition coefficient (Wildman–Crippen LogP) is 3.33. The molecule has 0 fully saturated rings. The van der Waals surface area contributed by atoms with E-state index >= 15 is 0 Å². The van der Waals surface area contributed by atoms with E-state index in [4.69, 9.17) is 4.74 Å². The second-order valence-electron chi connectivity index (χ2n) is 7.29. The number of ether oxygens (including phenoxy) is 1. The molecular weight excluding hydrogens is 438 g/mol. The lowest BCUT2D eigenvalue weighted by atomic mass is 9.97. The highest BCUT2D eigenvalue weighted by atomic mass is 32.2. The van der Waals surface area contributed by atoms with E-state index in [1.807, 2.05) is 6.07 Å². The van der Waals surface area contributed by atoms with Gasteiger partial charge in [-0.1, -0.05) is 42.5 Å². The monoisotopic (exact) mass is 458 g/mol. The van der Waals surface area contributed by atoms with Crippen molar-refractivity contribution < 1.29 is 26.1 Å². The summed E-state index contributed by atoms with van der Waals surface area (Å²) in [5.41, 5.74) is 1.71. The van der Waals surface area contributed by atoms with E-state index in [1.54, 1.807) is 42.5 Å². The van der Waals surface area contributed by atoms with Crippen molar-refractivity contribution in [2.24, 2.45) is 0 Å². The molecule has 0 aliphatic carbocycles. The number of nitrogens with one attached hydrogen (secondary N) is 1. The van der Waals surface area contributed by atoms with Gasteiger partial charge in [0.2, 0.25) is 0 Å². The highest BCUT2D eigenvalue weighted by molar-refractivity contribution is 7.92. The molecule has 4 rings (SSSR count). The van der Waals surface area contributed by atoms with Crippen LogP contribution in [0.2, 0.25) is 0 Å². The lowest BCUT2D eigenvalue weighted by Crippen LogP contribution is -2.26. The average Bonchev–Trinajstić information content (AvgIpc) is 2.73. The van der Waals surface area contributed by atoms with Gasteiger partial charge in [0.05, 0.1) is 15.5 Å². The summed E-state index contributed by atoms with van der Waals surface area (Å²) < 4.78 is 68.3. The zero-order valence-electron chi connectivity index (χ0n) is 16.4. The number of aryl methyl sites for hydroxylation is 1. The van der Waals surface area contributed by atoms with E-state index in [-0.39, 0.29) is 22.3 Å². The number of anilines is 1. The normalized spacial score (nSPS) is 16.2. The summed E-state index contributed by atoms with van der Waals surface area (Å²) in [6, 6.07) is 19.3. The quantitative estimate of drug-likeness (QED) is 0.567. The summed E-state index contributed by atoms with van der Waals surface area (Å²) in [5, 5.41) is 0. The van der Waals surface area contributed by atoms with Gasteiger partial charge in [0.1, 0.15) is 22.0 Å². The molecule has 0 spiro atoms. The Kier molecular flexibility index (Phi) is 5.74. The fourth-order valence-electron chi connectivity index (χ4n) is 3.61. The van der Waals surface area contributed by atoms with E-state index in [0.717, 1.165) is 5.56 Å².